The molecule has 6 heteroatoms. The molecule has 0 fully saturated rings. The number of anilines is 1. The van der Waals surface area contributed by atoms with Gasteiger partial charge in [-0.25, -0.2) is 9.18 Å². The van der Waals surface area contributed by atoms with Crippen LogP contribution in [0.25, 0.3) is 10.9 Å². The molecule has 1 heterocycles. The van der Waals surface area contributed by atoms with E-state index in [9.17, 15) is 14.0 Å². The van der Waals surface area contributed by atoms with Crippen LogP contribution < -0.4 is 10.1 Å². The van der Waals surface area contributed by atoms with Crippen LogP contribution in [0.3, 0.4) is 0 Å². The van der Waals surface area contributed by atoms with E-state index in [1.807, 2.05) is 0 Å². The summed E-state index contributed by atoms with van der Waals surface area (Å²) in [6.07, 6.45) is 0. The van der Waals surface area contributed by atoms with Crippen molar-refractivity contribution in [1.29, 1.82) is 0 Å². The zero-order chi connectivity index (χ0) is 16.4. The summed E-state index contributed by atoms with van der Waals surface area (Å²) in [6.45, 7) is 1.41. The van der Waals surface area contributed by atoms with Gasteiger partial charge in [0.1, 0.15) is 17.3 Å². The predicted octanol–water partition coefficient (Wildman–Crippen LogP) is 3.48. The topological polar surface area (TPSA) is 71.2 Å². The van der Waals surface area contributed by atoms with E-state index in [0.29, 0.717) is 22.3 Å². The molecule has 2 aromatic carbocycles. The van der Waals surface area contributed by atoms with Gasteiger partial charge in [0, 0.05) is 23.5 Å². The Labute approximate surface area is 131 Å². The van der Waals surface area contributed by atoms with Crippen LogP contribution >= 0.6 is 0 Å². The van der Waals surface area contributed by atoms with Gasteiger partial charge in [0.05, 0.1) is 0 Å². The lowest BCUT2D eigenvalue weighted by Gasteiger charge is -2.05. The number of benzene rings is 2. The second-order valence-corrected chi connectivity index (χ2v) is 5.01. The van der Waals surface area contributed by atoms with Gasteiger partial charge in [0.25, 0.3) is 0 Å². The summed E-state index contributed by atoms with van der Waals surface area (Å²) in [4.78, 5) is 25.9. The molecule has 0 aliphatic carbocycles. The highest BCUT2D eigenvalue weighted by Crippen LogP contribution is 2.20. The van der Waals surface area contributed by atoms with Gasteiger partial charge in [0.15, 0.2) is 0 Å². The van der Waals surface area contributed by atoms with Crippen molar-refractivity contribution >= 4 is 28.5 Å². The summed E-state index contributed by atoms with van der Waals surface area (Å²) in [5, 5.41) is 3.21. The lowest BCUT2D eigenvalue weighted by atomic mass is 10.2. The van der Waals surface area contributed by atoms with Crippen LogP contribution in [-0.2, 0) is 4.79 Å². The molecule has 0 unspecified atom stereocenters. The number of aromatic amines is 1. The van der Waals surface area contributed by atoms with Crippen LogP contribution in [0.2, 0.25) is 0 Å². The number of rotatable bonds is 3. The average Bonchev–Trinajstić information content (AvgIpc) is 2.92. The molecule has 0 aliphatic rings. The van der Waals surface area contributed by atoms with Gasteiger partial charge in [-0.3, -0.25) is 4.79 Å². The summed E-state index contributed by atoms with van der Waals surface area (Å²) in [5.74, 6) is -0.784. The molecule has 116 valence electrons. The molecule has 0 spiro atoms. The van der Waals surface area contributed by atoms with E-state index >= 15 is 0 Å². The minimum Gasteiger partial charge on any atom is -0.422 e. The average molecular weight is 312 g/mol. The zero-order valence-corrected chi connectivity index (χ0v) is 12.2. The fourth-order valence-electron chi connectivity index (χ4n) is 2.19. The zero-order valence-electron chi connectivity index (χ0n) is 12.2. The Kier molecular flexibility index (Phi) is 3.80. The number of amides is 1. The SMILES string of the molecule is CC(=O)Nc1ccc(OC(=O)c2cc3cc(F)ccc3[nH]2)cc1. The molecule has 3 rings (SSSR count). The Morgan fingerprint density at radius 3 is 2.52 bits per heavy atom. The number of hydrogen-bond donors (Lipinski definition) is 2. The Balaban J connectivity index is 1.76. The van der Waals surface area contributed by atoms with Crippen molar-refractivity contribution in [3.63, 3.8) is 0 Å². The Bertz CT molecular complexity index is 884. The number of carbonyl (C=O) groups is 2. The lowest BCUT2D eigenvalue weighted by Crippen LogP contribution is -2.09. The van der Waals surface area contributed by atoms with E-state index in [0.717, 1.165) is 0 Å². The van der Waals surface area contributed by atoms with Crippen LogP contribution in [0.1, 0.15) is 17.4 Å². The third kappa shape index (κ3) is 3.37. The van der Waals surface area contributed by atoms with E-state index in [1.54, 1.807) is 30.3 Å². The maximum absolute atomic E-state index is 13.2. The van der Waals surface area contributed by atoms with Crippen molar-refractivity contribution in [2.75, 3.05) is 5.32 Å². The van der Waals surface area contributed by atoms with Gasteiger partial charge in [-0.2, -0.15) is 0 Å². The molecule has 0 saturated heterocycles. The minimum atomic E-state index is -0.575. The second kappa shape index (κ2) is 5.92. The van der Waals surface area contributed by atoms with Crippen molar-refractivity contribution < 1.29 is 18.7 Å². The molecule has 2 N–H and O–H groups in total. The summed E-state index contributed by atoms with van der Waals surface area (Å²) >= 11 is 0. The third-order valence-corrected chi connectivity index (χ3v) is 3.19. The van der Waals surface area contributed by atoms with Gasteiger partial charge in [-0.1, -0.05) is 0 Å². The smallest absolute Gasteiger partial charge is 0.360 e. The highest BCUT2D eigenvalue weighted by atomic mass is 19.1. The van der Waals surface area contributed by atoms with Crippen LogP contribution in [-0.4, -0.2) is 16.9 Å². The van der Waals surface area contributed by atoms with Crippen molar-refractivity contribution in [2.45, 2.75) is 6.92 Å². The Hall–Kier alpha value is -3.15. The van der Waals surface area contributed by atoms with Crippen molar-refractivity contribution in [3.05, 3.63) is 60.0 Å². The van der Waals surface area contributed by atoms with Crippen LogP contribution in [0.4, 0.5) is 10.1 Å². The van der Waals surface area contributed by atoms with Crippen LogP contribution in [0.5, 0.6) is 5.75 Å². The maximum atomic E-state index is 13.2. The molecule has 0 atom stereocenters. The van der Waals surface area contributed by atoms with E-state index < -0.39 is 5.97 Å². The number of halogens is 1. The molecule has 1 aromatic heterocycles. The predicted molar refractivity (Wildman–Crippen MR) is 84.0 cm³/mol. The minimum absolute atomic E-state index is 0.181. The van der Waals surface area contributed by atoms with Crippen molar-refractivity contribution in [2.24, 2.45) is 0 Å². The first-order valence-electron chi connectivity index (χ1n) is 6.89. The first kappa shape index (κ1) is 14.8. The summed E-state index contributed by atoms with van der Waals surface area (Å²) in [5.41, 5.74) is 1.49. The second-order valence-electron chi connectivity index (χ2n) is 5.01. The number of fused-ring (bicyclic) bond motifs is 1. The first-order chi connectivity index (χ1) is 11.0. The number of carbonyl (C=O) groups excluding carboxylic acids is 2. The van der Waals surface area contributed by atoms with Gasteiger partial charge >= 0.3 is 5.97 Å². The Morgan fingerprint density at radius 1 is 1.09 bits per heavy atom. The summed E-state index contributed by atoms with van der Waals surface area (Å²) in [7, 11) is 0. The fraction of sp³-hybridized carbons (Fsp3) is 0.0588. The van der Waals surface area contributed by atoms with Gasteiger partial charge in [0.2, 0.25) is 5.91 Å². The van der Waals surface area contributed by atoms with Crippen LogP contribution in [0, 0.1) is 5.82 Å². The highest BCUT2D eigenvalue weighted by molar-refractivity contribution is 5.96. The number of H-pyrrole nitrogens is 1. The molecule has 23 heavy (non-hydrogen) atoms. The number of aromatic nitrogens is 1. The number of ether oxygens (including phenoxy) is 1. The number of hydrogen-bond acceptors (Lipinski definition) is 3. The largest absolute Gasteiger partial charge is 0.422 e. The van der Waals surface area contributed by atoms with Gasteiger partial charge in [-0.15, -0.1) is 0 Å². The third-order valence-electron chi connectivity index (χ3n) is 3.19. The summed E-state index contributed by atoms with van der Waals surface area (Å²) < 4.78 is 18.4. The summed E-state index contributed by atoms with van der Waals surface area (Å²) in [6, 6.07) is 12.2. The first-order valence-corrected chi connectivity index (χ1v) is 6.89. The Morgan fingerprint density at radius 2 is 1.83 bits per heavy atom. The fourth-order valence-corrected chi connectivity index (χ4v) is 2.19. The molecular weight excluding hydrogens is 299 g/mol. The molecule has 0 saturated carbocycles. The lowest BCUT2D eigenvalue weighted by molar-refractivity contribution is -0.114. The van der Waals surface area contributed by atoms with Gasteiger partial charge < -0.3 is 15.0 Å². The quantitative estimate of drug-likeness (QED) is 0.574. The van der Waals surface area contributed by atoms with Crippen LogP contribution in [0.15, 0.2) is 48.5 Å². The molecule has 0 bridgehead atoms. The van der Waals surface area contributed by atoms with E-state index in [1.165, 1.54) is 25.1 Å². The van der Waals surface area contributed by atoms with Crippen molar-refractivity contribution in [3.8, 4) is 5.75 Å². The molecule has 0 radical (unpaired) electrons. The number of nitrogens with one attached hydrogen (secondary N) is 2. The number of esters is 1. The molecule has 1 amide bonds. The highest BCUT2D eigenvalue weighted by Gasteiger charge is 2.12. The monoisotopic (exact) mass is 312 g/mol. The van der Waals surface area contributed by atoms with Gasteiger partial charge in [-0.05, 0) is 48.5 Å². The standard InChI is InChI=1S/C17H13FN2O3/c1-10(21)19-13-3-5-14(6-4-13)23-17(22)16-9-11-8-12(18)2-7-15(11)20-16/h2-9,20H,1H3,(H,19,21). The normalized spacial score (nSPS) is 10.5. The molecule has 3 aromatic rings. The molecular formula is C17H13FN2O3. The maximum Gasteiger partial charge on any atom is 0.360 e. The molecule has 0 aliphatic heterocycles. The van der Waals surface area contributed by atoms with Crippen molar-refractivity contribution in [1.82, 2.24) is 4.98 Å². The van der Waals surface area contributed by atoms with E-state index in [-0.39, 0.29) is 17.4 Å². The van der Waals surface area contributed by atoms with E-state index in [4.69, 9.17) is 4.74 Å². The molecule has 5 nitrogen and oxygen atoms in total. The van der Waals surface area contributed by atoms with E-state index in [2.05, 4.69) is 10.3 Å².